The van der Waals surface area contributed by atoms with E-state index in [0.717, 1.165) is 32.0 Å². The van der Waals surface area contributed by atoms with E-state index < -0.39 is 0 Å². The van der Waals surface area contributed by atoms with Crippen molar-refractivity contribution in [1.82, 2.24) is 10.2 Å². The van der Waals surface area contributed by atoms with Crippen LogP contribution in [0.25, 0.3) is 0 Å². The highest BCUT2D eigenvalue weighted by Crippen LogP contribution is 2.15. The third-order valence-electron chi connectivity index (χ3n) is 3.44. The van der Waals surface area contributed by atoms with Gasteiger partial charge in [0.1, 0.15) is 0 Å². The Hall–Kier alpha value is -0.160. The number of aliphatic hydroxyl groups is 1. The van der Waals surface area contributed by atoms with Crippen molar-refractivity contribution in [1.29, 1.82) is 0 Å². The van der Waals surface area contributed by atoms with Gasteiger partial charge in [0.2, 0.25) is 0 Å². The van der Waals surface area contributed by atoms with E-state index in [4.69, 9.17) is 4.74 Å². The first-order valence-corrected chi connectivity index (χ1v) is 7.41. The van der Waals surface area contributed by atoms with E-state index in [1.165, 1.54) is 25.9 Å². The van der Waals surface area contributed by atoms with E-state index in [9.17, 15) is 5.11 Å². The lowest BCUT2D eigenvalue weighted by atomic mass is 10.0. The fourth-order valence-electron chi connectivity index (χ4n) is 2.47. The molecule has 0 aromatic heterocycles. The van der Waals surface area contributed by atoms with Crippen LogP contribution < -0.4 is 5.32 Å². The van der Waals surface area contributed by atoms with Gasteiger partial charge in [0.05, 0.1) is 12.7 Å². The summed E-state index contributed by atoms with van der Waals surface area (Å²) < 4.78 is 5.49. The zero-order valence-electron chi connectivity index (χ0n) is 12.0. The second-order valence-electron chi connectivity index (χ2n) is 5.44. The summed E-state index contributed by atoms with van der Waals surface area (Å²) >= 11 is 0. The number of nitrogens with zero attached hydrogens (tertiary/aromatic N) is 1. The third-order valence-corrected chi connectivity index (χ3v) is 3.44. The number of rotatable bonds is 9. The number of ether oxygens (including phenoxy) is 1. The Morgan fingerprint density at radius 2 is 2.33 bits per heavy atom. The fraction of sp³-hybridized carbons (Fsp3) is 1.00. The van der Waals surface area contributed by atoms with Gasteiger partial charge in [-0.1, -0.05) is 13.8 Å². The number of hydrogen-bond donors (Lipinski definition) is 2. The molecule has 1 fully saturated rings. The summed E-state index contributed by atoms with van der Waals surface area (Å²) in [5.74, 6) is 0.849. The standard InChI is InChI=1S/C14H30N2O2/c1-3-15-10-14(17)12-18-9-5-8-16-7-4-6-13(2)11-16/h13-15,17H,3-12H2,1-2H3/t13-,14+/m1/s1. The zero-order valence-corrected chi connectivity index (χ0v) is 12.0. The van der Waals surface area contributed by atoms with Gasteiger partial charge < -0.3 is 20.1 Å². The lowest BCUT2D eigenvalue weighted by molar-refractivity contribution is 0.0322. The average Bonchev–Trinajstić information content (AvgIpc) is 2.36. The Labute approximate surface area is 112 Å². The summed E-state index contributed by atoms with van der Waals surface area (Å²) in [5, 5.41) is 12.7. The Balaban J connectivity index is 1.91. The van der Waals surface area contributed by atoms with Crippen molar-refractivity contribution in [3.8, 4) is 0 Å². The lowest BCUT2D eigenvalue weighted by Crippen LogP contribution is -2.35. The van der Waals surface area contributed by atoms with Crippen molar-refractivity contribution in [2.75, 3.05) is 45.9 Å². The van der Waals surface area contributed by atoms with Crippen LogP contribution in [0.3, 0.4) is 0 Å². The molecule has 0 aromatic carbocycles. The molecule has 0 spiro atoms. The minimum absolute atomic E-state index is 0.375. The van der Waals surface area contributed by atoms with Crippen LogP contribution in [0.1, 0.15) is 33.1 Å². The van der Waals surface area contributed by atoms with E-state index in [1.54, 1.807) is 0 Å². The topological polar surface area (TPSA) is 44.7 Å². The van der Waals surface area contributed by atoms with Crippen LogP contribution in [0.2, 0.25) is 0 Å². The Bertz CT molecular complexity index is 202. The molecule has 2 atom stereocenters. The van der Waals surface area contributed by atoms with Crippen LogP contribution in [-0.4, -0.2) is 62.0 Å². The minimum atomic E-state index is -0.375. The highest BCUT2D eigenvalue weighted by molar-refractivity contribution is 4.69. The van der Waals surface area contributed by atoms with Gasteiger partial charge >= 0.3 is 0 Å². The molecule has 108 valence electrons. The summed E-state index contributed by atoms with van der Waals surface area (Å²) in [7, 11) is 0. The lowest BCUT2D eigenvalue weighted by Gasteiger charge is -2.30. The summed E-state index contributed by atoms with van der Waals surface area (Å²) in [4.78, 5) is 2.53. The minimum Gasteiger partial charge on any atom is -0.389 e. The largest absolute Gasteiger partial charge is 0.389 e. The summed E-state index contributed by atoms with van der Waals surface area (Å²) in [6, 6.07) is 0. The molecule has 0 saturated carbocycles. The molecule has 0 radical (unpaired) electrons. The van der Waals surface area contributed by atoms with Gasteiger partial charge in [0.25, 0.3) is 0 Å². The van der Waals surface area contributed by atoms with Gasteiger partial charge in [-0.05, 0) is 38.3 Å². The van der Waals surface area contributed by atoms with Crippen molar-refractivity contribution in [3.05, 3.63) is 0 Å². The molecule has 4 nitrogen and oxygen atoms in total. The first-order chi connectivity index (χ1) is 8.72. The molecule has 0 amide bonds. The molecule has 0 unspecified atom stereocenters. The van der Waals surface area contributed by atoms with Crippen molar-refractivity contribution < 1.29 is 9.84 Å². The molecule has 1 rings (SSSR count). The van der Waals surface area contributed by atoms with E-state index in [0.29, 0.717) is 13.2 Å². The van der Waals surface area contributed by atoms with Crippen LogP contribution in [0.5, 0.6) is 0 Å². The monoisotopic (exact) mass is 258 g/mol. The predicted octanol–water partition coefficient (Wildman–Crippen LogP) is 1.10. The van der Waals surface area contributed by atoms with Gasteiger partial charge in [0.15, 0.2) is 0 Å². The molecule has 1 saturated heterocycles. The molecule has 0 aliphatic carbocycles. The molecule has 4 heteroatoms. The van der Waals surface area contributed by atoms with Gasteiger partial charge in [-0.15, -0.1) is 0 Å². The van der Waals surface area contributed by atoms with Crippen molar-refractivity contribution in [2.45, 2.75) is 39.2 Å². The highest BCUT2D eigenvalue weighted by atomic mass is 16.5. The van der Waals surface area contributed by atoms with Gasteiger partial charge in [-0.2, -0.15) is 0 Å². The zero-order chi connectivity index (χ0) is 13.2. The van der Waals surface area contributed by atoms with E-state index in [1.807, 2.05) is 6.92 Å². The second-order valence-corrected chi connectivity index (χ2v) is 5.44. The molecule has 2 N–H and O–H groups in total. The highest BCUT2D eigenvalue weighted by Gasteiger charge is 2.15. The maximum atomic E-state index is 9.57. The van der Waals surface area contributed by atoms with Crippen molar-refractivity contribution in [2.24, 2.45) is 5.92 Å². The van der Waals surface area contributed by atoms with E-state index in [-0.39, 0.29) is 6.10 Å². The molecule has 0 aromatic rings. The number of aliphatic hydroxyl groups excluding tert-OH is 1. The maximum absolute atomic E-state index is 9.57. The van der Waals surface area contributed by atoms with Gasteiger partial charge in [-0.3, -0.25) is 0 Å². The van der Waals surface area contributed by atoms with Gasteiger partial charge in [0, 0.05) is 26.2 Å². The maximum Gasteiger partial charge on any atom is 0.0897 e. The quantitative estimate of drug-likeness (QED) is 0.608. The number of nitrogens with one attached hydrogen (secondary N) is 1. The van der Waals surface area contributed by atoms with Crippen molar-refractivity contribution >= 4 is 0 Å². The summed E-state index contributed by atoms with van der Waals surface area (Å²) in [6.45, 7) is 10.7. The summed E-state index contributed by atoms with van der Waals surface area (Å²) in [6.07, 6.45) is 3.41. The number of likely N-dealkylation sites (N-methyl/N-ethyl adjacent to an activating group) is 1. The van der Waals surface area contributed by atoms with Crippen molar-refractivity contribution in [3.63, 3.8) is 0 Å². The first-order valence-electron chi connectivity index (χ1n) is 7.41. The SMILES string of the molecule is CCNC[C@H](O)COCCCN1CCC[C@@H](C)C1. The fourth-order valence-corrected chi connectivity index (χ4v) is 2.47. The van der Waals surface area contributed by atoms with E-state index in [2.05, 4.69) is 17.1 Å². The molecule has 1 aliphatic rings. The Kier molecular flexibility index (Phi) is 8.59. The second kappa shape index (κ2) is 9.73. The molecular formula is C14H30N2O2. The predicted molar refractivity (Wildman–Crippen MR) is 74.8 cm³/mol. The first kappa shape index (κ1) is 15.9. The number of piperidine rings is 1. The molecular weight excluding hydrogens is 228 g/mol. The van der Waals surface area contributed by atoms with Crippen LogP contribution in [0, 0.1) is 5.92 Å². The normalized spacial score (nSPS) is 23.2. The van der Waals surface area contributed by atoms with Crippen LogP contribution in [0.4, 0.5) is 0 Å². The third kappa shape index (κ3) is 7.31. The molecule has 1 aliphatic heterocycles. The summed E-state index contributed by atoms with van der Waals surface area (Å²) in [5.41, 5.74) is 0. The molecule has 0 bridgehead atoms. The number of likely N-dealkylation sites (tertiary alicyclic amines) is 1. The Morgan fingerprint density at radius 1 is 1.50 bits per heavy atom. The Morgan fingerprint density at radius 3 is 3.06 bits per heavy atom. The smallest absolute Gasteiger partial charge is 0.0897 e. The average molecular weight is 258 g/mol. The van der Waals surface area contributed by atoms with E-state index >= 15 is 0 Å². The molecule has 1 heterocycles. The van der Waals surface area contributed by atoms with Crippen LogP contribution >= 0.6 is 0 Å². The number of hydrogen-bond acceptors (Lipinski definition) is 4. The van der Waals surface area contributed by atoms with Crippen LogP contribution in [0.15, 0.2) is 0 Å². The van der Waals surface area contributed by atoms with Crippen LogP contribution in [-0.2, 0) is 4.74 Å². The van der Waals surface area contributed by atoms with Gasteiger partial charge in [-0.25, -0.2) is 0 Å². The molecule has 18 heavy (non-hydrogen) atoms.